The van der Waals surface area contributed by atoms with Gasteiger partial charge in [-0.1, -0.05) is 19.4 Å². The van der Waals surface area contributed by atoms with Gasteiger partial charge in [-0.2, -0.15) is 0 Å². The Hall–Kier alpha value is -1.75. The molecule has 3 rings (SSSR count). The quantitative estimate of drug-likeness (QED) is 0.299. The molecule has 2 aromatic rings. The highest BCUT2D eigenvalue weighted by molar-refractivity contribution is 14.0. The number of halogens is 2. The van der Waals surface area contributed by atoms with E-state index in [1.807, 2.05) is 13.0 Å². The van der Waals surface area contributed by atoms with Crippen LogP contribution >= 0.6 is 24.0 Å². The zero-order valence-corrected chi connectivity index (χ0v) is 21.0. The third-order valence-electron chi connectivity index (χ3n) is 5.17. The summed E-state index contributed by atoms with van der Waals surface area (Å²) in [6.45, 7) is 2.40. The average molecular weight is 560 g/mol. The normalized spacial score (nSPS) is 19.8. The largest absolute Gasteiger partial charge is 0.453 e. The van der Waals surface area contributed by atoms with Crippen LogP contribution in [0.2, 0.25) is 0 Å². The van der Waals surface area contributed by atoms with Crippen molar-refractivity contribution in [1.82, 2.24) is 15.6 Å². The number of benzene rings is 1. The van der Waals surface area contributed by atoms with Crippen molar-refractivity contribution in [3.8, 4) is 11.5 Å². The molecular weight excluding hydrogens is 530 g/mol. The molecule has 0 radical (unpaired) electrons. The van der Waals surface area contributed by atoms with Gasteiger partial charge in [0, 0.05) is 47.6 Å². The van der Waals surface area contributed by atoms with Crippen LogP contribution in [0, 0.1) is 5.82 Å². The van der Waals surface area contributed by atoms with Crippen molar-refractivity contribution in [3.05, 3.63) is 54.1 Å². The molecule has 170 valence electrons. The zero-order chi connectivity index (χ0) is 21.3. The molecule has 1 aromatic heterocycles. The molecule has 3 atom stereocenters. The second kappa shape index (κ2) is 12.9. The van der Waals surface area contributed by atoms with Gasteiger partial charge in [0.1, 0.15) is 5.75 Å². The van der Waals surface area contributed by atoms with Gasteiger partial charge in [-0.15, -0.1) is 24.0 Å². The van der Waals surface area contributed by atoms with Gasteiger partial charge in [0.25, 0.3) is 0 Å². The van der Waals surface area contributed by atoms with E-state index in [1.165, 1.54) is 12.3 Å². The smallest absolute Gasteiger partial charge is 0.191 e. The number of nitrogens with zero attached hydrogens (tertiary/aromatic N) is 2. The van der Waals surface area contributed by atoms with Gasteiger partial charge < -0.3 is 15.4 Å². The minimum absolute atomic E-state index is 0. The van der Waals surface area contributed by atoms with Crippen LogP contribution in [0.1, 0.15) is 38.2 Å². The van der Waals surface area contributed by atoms with E-state index in [9.17, 15) is 8.60 Å². The second-order valence-electron chi connectivity index (χ2n) is 7.28. The predicted octanol–water partition coefficient (Wildman–Crippen LogP) is 4.38. The number of pyridine rings is 1. The van der Waals surface area contributed by atoms with Gasteiger partial charge in [0.15, 0.2) is 17.5 Å². The van der Waals surface area contributed by atoms with E-state index >= 15 is 0 Å². The number of nitrogens with one attached hydrogen (secondary N) is 2. The third-order valence-corrected chi connectivity index (χ3v) is 6.91. The van der Waals surface area contributed by atoms with Gasteiger partial charge in [0.2, 0.25) is 0 Å². The highest BCUT2D eigenvalue weighted by Crippen LogP contribution is 2.25. The number of guanidine groups is 1. The number of hydrogen-bond acceptors (Lipinski definition) is 4. The van der Waals surface area contributed by atoms with Crippen molar-refractivity contribution < 1.29 is 13.3 Å². The molecule has 0 bridgehead atoms. The lowest BCUT2D eigenvalue weighted by Gasteiger charge is -2.30. The molecule has 0 spiro atoms. The molecule has 1 saturated carbocycles. The molecule has 0 aliphatic heterocycles. The molecule has 9 heteroatoms. The van der Waals surface area contributed by atoms with E-state index in [1.54, 1.807) is 31.4 Å². The van der Waals surface area contributed by atoms with Crippen LogP contribution in [-0.4, -0.2) is 39.2 Å². The van der Waals surface area contributed by atoms with Crippen molar-refractivity contribution in [2.45, 2.75) is 50.4 Å². The molecule has 1 heterocycles. The molecule has 1 fully saturated rings. The SMILES string of the molecule is CCS(=O)C1CCCC(NC(=NC)NCc2ccc(Oc3cccnc3)c(F)c2)C1.I. The Morgan fingerprint density at radius 1 is 1.35 bits per heavy atom. The topological polar surface area (TPSA) is 75.6 Å². The Bertz CT molecular complexity index is 885. The van der Waals surface area contributed by atoms with Crippen LogP contribution in [0.3, 0.4) is 0 Å². The lowest BCUT2D eigenvalue weighted by molar-refractivity contribution is 0.413. The Morgan fingerprint density at radius 2 is 2.19 bits per heavy atom. The van der Waals surface area contributed by atoms with Crippen LogP contribution in [0.5, 0.6) is 11.5 Å². The summed E-state index contributed by atoms with van der Waals surface area (Å²) in [4.78, 5) is 8.23. The first-order chi connectivity index (χ1) is 14.6. The first-order valence-corrected chi connectivity index (χ1v) is 11.7. The summed E-state index contributed by atoms with van der Waals surface area (Å²) >= 11 is 0. The molecule has 0 saturated heterocycles. The van der Waals surface area contributed by atoms with Crippen LogP contribution in [0.4, 0.5) is 4.39 Å². The predicted molar refractivity (Wildman–Crippen MR) is 134 cm³/mol. The fraction of sp³-hybridized carbons (Fsp3) is 0.455. The second-order valence-corrected chi connectivity index (χ2v) is 9.29. The van der Waals surface area contributed by atoms with E-state index in [0.29, 0.717) is 24.0 Å². The van der Waals surface area contributed by atoms with E-state index in [0.717, 1.165) is 31.2 Å². The summed E-state index contributed by atoms with van der Waals surface area (Å²) in [5.41, 5.74) is 0.780. The summed E-state index contributed by atoms with van der Waals surface area (Å²) in [5, 5.41) is 6.91. The van der Waals surface area contributed by atoms with Crippen LogP contribution in [0.15, 0.2) is 47.7 Å². The third kappa shape index (κ3) is 7.71. The zero-order valence-electron chi connectivity index (χ0n) is 17.8. The highest BCUT2D eigenvalue weighted by Gasteiger charge is 2.26. The van der Waals surface area contributed by atoms with Crippen LogP contribution in [-0.2, 0) is 17.3 Å². The maximum atomic E-state index is 14.4. The van der Waals surface area contributed by atoms with Crippen molar-refractivity contribution >= 4 is 40.7 Å². The molecule has 2 N–H and O–H groups in total. The van der Waals surface area contributed by atoms with E-state index in [-0.39, 0.29) is 41.0 Å². The summed E-state index contributed by atoms with van der Waals surface area (Å²) in [6, 6.07) is 8.59. The minimum Gasteiger partial charge on any atom is -0.453 e. The van der Waals surface area contributed by atoms with E-state index < -0.39 is 16.6 Å². The fourth-order valence-electron chi connectivity index (χ4n) is 3.60. The number of ether oxygens (including phenoxy) is 1. The molecule has 31 heavy (non-hydrogen) atoms. The Morgan fingerprint density at radius 3 is 2.87 bits per heavy atom. The lowest BCUT2D eigenvalue weighted by Crippen LogP contribution is -2.46. The first kappa shape index (κ1) is 25.5. The molecule has 1 aliphatic carbocycles. The van der Waals surface area contributed by atoms with Gasteiger partial charge in [0.05, 0.1) is 6.20 Å². The average Bonchev–Trinajstić information content (AvgIpc) is 2.78. The summed E-state index contributed by atoms with van der Waals surface area (Å²) in [5.74, 6) is 1.58. The van der Waals surface area contributed by atoms with Gasteiger partial charge >= 0.3 is 0 Å². The van der Waals surface area contributed by atoms with Gasteiger partial charge in [-0.3, -0.25) is 14.2 Å². The number of rotatable bonds is 7. The summed E-state index contributed by atoms with van der Waals surface area (Å²) in [7, 11) is 0.952. The van der Waals surface area contributed by atoms with Crippen molar-refractivity contribution in [1.29, 1.82) is 0 Å². The van der Waals surface area contributed by atoms with Crippen LogP contribution < -0.4 is 15.4 Å². The fourth-order valence-corrected chi connectivity index (χ4v) is 4.94. The van der Waals surface area contributed by atoms with Crippen molar-refractivity contribution in [2.24, 2.45) is 4.99 Å². The Kier molecular flexibility index (Phi) is 10.7. The summed E-state index contributed by atoms with van der Waals surface area (Å²) < 4.78 is 32.1. The van der Waals surface area contributed by atoms with E-state index in [4.69, 9.17) is 4.74 Å². The van der Waals surface area contributed by atoms with Crippen molar-refractivity contribution in [3.63, 3.8) is 0 Å². The molecule has 6 nitrogen and oxygen atoms in total. The van der Waals surface area contributed by atoms with Gasteiger partial charge in [-0.25, -0.2) is 4.39 Å². The molecular formula is C22H30FIN4O2S. The number of hydrogen-bond donors (Lipinski definition) is 2. The maximum Gasteiger partial charge on any atom is 0.191 e. The van der Waals surface area contributed by atoms with E-state index in [2.05, 4.69) is 20.6 Å². The monoisotopic (exact) mass is 560 g/mol. The first-order valence-electron chi connectivity index (χ1n) is 10.3. The molecule has 1 aromatic carbocycles. The molecule has 0 amide bonds. The maximum absolute atomic E-state index is 14.4. The Labute approximate surface area is 203 Å². The summed E-state index contributed by atoms with van der Waals surface area (Å²) in [6.07, 6.45) is 7.18. The molecule has 1 aliphatic rings. The number of aliphatic imine (C=N–C) groups is 1. The molecule has 3 unspecified atom stereocenters. The number of aromatic nitrogens is 1. The van der Waals surface area contributed by atoms with Gasteiger partial charge in [-0.05, 0) is 49.1 Å². The van der Waals surface area contributed by atoms with Crippen LogP contribution in [0.25, 0.3) is 0 Å². The Balaban J connectivity index is 0.00000341. The van der Waals surface area contributed by atoms with Crippen molar-refractivity contribution in [2.75, 3.05) is 12.8 Å². The minimum atomic E-state index is -0.762. The standard InChI is InChI=1S/C22H29FN4O2S.HI/c1-3-30(28)19-8-4-6-17(13-19)27-22(24-2)26-14-16-9-10-21(20(23)12-16)29-18-7-5-11-25-15-18;/h5,7,9-12,15,17,19H,3-4,6,8,13-14H2,1-2H3,(H2,24,26,27);1H. The lowest BCUT2D eigenvalue weighted by atomic mass is 9.95. The highest BCUT2D eigenvalue weighted by atomic mass is 127.